The molecular formula is C31H35N3O2. The van der Waals surface area contributed by atoms with Crippen molar-refractivity contribution in [3.05, 3.63) is 101 Å². The zero-order valence-electron chi connectivity index (χ0n) is 21.5. The van der Waals surface area contributed by atoms with E-state index in [4.69, 9.17) is 9.72 Å². The molecule has 186 valence electrons. The first-order valence-electron chi connectivity index (χ1n) is 12.8. The molecule has 0 radical (unpaired) electrons. The molecule has 0 bridgehead atoms. The average Bonchev–Trinajstić information content (AvgIpc) is 2.89. The highest BCUT2D eigenvalue weighted by atomic mass is 16.5. The summed E-state index contributed by atoms with van der Waals surface area (Å²) in [5, 5.41) is 0. The van der Waals surface area contributed by atoms with Gasteiger partial charge in [-0.3, -0.25) is 9.69 Å². The highest BCUT2D eigenvalue weighted by Gasteiger charge is 2.43. The highest BCUT2D eigenvalue weighted by molar-refractivity contribution is 6.05. The molecule has 1 atom stereocenters. The number of piperidine rings is 1. The minimum atomic E-state index is -0.496. The maximum atomic E-state index is 13.9. The van der Waals surface area contributed by atoms with E-state index < -0.39 is 5.41 Å². The van der Waals surface area contributed by atoms with E-state index >= 15 is 0 Å². The molecule has 3 aromatic rings. The molecule has 5 nitrogen and oxygen atoms in total. The lowest BCUT2D eigenvalue weighted by Gasteiger charge is -2.44. The molecule has 2 fully saturated rings. The summed E-state index contributed by atoms with van der Waals surface area (Å²) >= 11 is 0. The van der Waals surface area contributed by atoms with Crippen molar-refractivity contribution in [1.29, 1.82) is 0 Å². The first-order chi connectivity index (χ1) is 17.4. The third-order valence-corrected chi connectivity index (χ3v) is 7.15. The van der Waals surface area contributed by atoms with Gasteiger partial charge in [-0.2, -0.15) is 0 Å². The van der Waals surface area contributed by atoms with Gasteiger partial charge in [0.05, 0.1) is 24.9 Å². The number of anilines is 1. The van der Waals surface area contributed by atoms with Crippen LogP contribution in [0.3, 0.4) is 0 Å². The molecule has 0 spiro atoms. The second-order valence-electron chi connectivity index (χ2n) is 10.5. The summed E-state index contributed by atoms with van der Waals surface area (Å²) in [6.07, 6.45) is 2.02. The second-order valence-corrected chi connectivity index (χ2v) is 10.5. The number of aryl methyl sites for hydroxylation is 1. The van der Waals surface area contributed by atoms with Gasteiger partial charge in [-0.25, -0.2) is 4.98 Å². The van der Waals surface area contributed by atoms with Crippen LogP contribution in [0.5, 0.6) is 0 Å². The summed E-state index contributed by atoms with van der Waals surface area (Å²) < 4.78 is 5.51. The number of carbonyl (C=O) groups excluding carboxylic acids is 1. The van der Waals surface area contributed by atoms with Crippen LogP contribution in [-0.4, -0.2) is 48.5 Å². The van der Waals surface area contributed by atoms with Gasteiger partial charge in [0.1, 0.15) is 5.82 Å². The minimum Gasteiger partial charge on any atom is -0.378 e. The van der Waals surface area contributed by atoms with E-state index in [9.17, 15) is 4.79 Å². The Morgan fingerprint density at radius 1 is 0.972 bits per heavy atom. The number of carbonyl (C=O) groups is 1. The van der Waals surface area contributed by atoms with Crippen LogP contribution >= 0.6 is 0 Å². The van der Waals surface area contributed by atoms with E-state index in [0.717, 1.165) is 42.3 Å². The number of likely N-dealkylation sites (tertiary alicyclic amines) is 1. The molecule has 5 heteroatoms. The van der Waals surface area contributed by atoms with E-state index in [1.54, 1.807) is 0 Å². The molecule has 2 aliphatic heterocycles. The van der Waals surface area contributed by atoms with Crippen LogP contribution in [0.25, 0.3) is 6.08 Å². The van der Waals surface area contributed by atoms with Gasteiger partial charge in [-0.05, 0) is 36.3 Å². The molecule has 0 amide bonds. The maximum absolute atomic E-state index is 13.9. The van der Waals surface area contributed by atoms with Crippen molar-refractivity contribution in [1.82, 2.24) is 9.88 Å². The average molecular weight is 482 g/mol. The minimum absolute atomic E-state index is 0.137. The number of nitrogens with zero attached hydrogens (tertiary/aromatic N) is 3. The zero-order valence-corrected chi connectivity index (χ0v) is 21.5. The summed E-state index contributed by atoms with van der Waals surface area (Å²) in [5.41, 5.74) is 4.75. The largest absolute Gasteiger partial charge is 0.378 e. The number of benzene rings is 2. The van der Waals surface area contributed by atoms with E-state index in [-0.39, 0.29) is 11.8 Å². The van der Waals surface area contributed by atoms with E-state index in [1.807, 2.05) is 30.3 Å². The Morgan fingerprint density at radius 2 is 1.69 bits per heavy atom. The van der Waals surface area contributed by atoms with Crippen molar-refractivity contribution in [2.24, 2.45) is 5.41 Å². The zero-order chi connectivity index (χ0) is 25.1. The van der Waals surface area contributed by atoms with Gasteiger partial charge in [-0.1, -0.05) is 80.1 Å². The quantitative estimate of drug-likeness (QED) is 0.453. The lowest BCUT2D eigenvalue weighted by molar-refractivity contribution is -0.128. The third kappa shape index (κ3) is 5.28. The predicted molar refractivity (Wildman–Crippen MR) is 145 cm³/mol. The van der Waals surface area contributed by atoms with E-state index in [2.05, 4.69) is 79.1 Å². The summed E-state index contributed by atoms with van der Waals surface area (Å²) in [5.74, 6) is 1.12. The number of ketones is 1. The molecule has 2 aromatic carbocycles. The number of ether oxygens (including phenoxy) is 1. The Bertz CT molecular complexity index is 1230. The van der Waals surface area contributed by atoms with Gasteiger partial charge >= 0.3 is 0 Å². The van der Waals surface area contributed by atoms with Crippen LogP contribution in [0.2, 0.25) is 0 Å². The number of aromatic nitrogens is 1. The summed E-state index contributed by atoms with van der Waals surface area (Å²) in [7, 11) is 0. The van der Waals surface area contributed by atoms with Gasteiger partial charge in [0.2, 0.25) is 0 Å². The molecule has 0 aliphatic carbocycles. The molecule has 5 rings (SSSR count). The van der Waals surface area contributed by atoms with Gasteiger partial charge < -0.3 is 9.64 Å². The van der Waals surface area contributed by atoms with Crippen molar-refractivity contribution < 1.29 is 9.53 Å². The Kier molecular flexibility index (Phi) is 7.04. The Labute approximate surface area is 214 Å². The fraction of sp³-hybridized carbons (Fsp3) is 0.355. The van der Waals surface area contributed by atoms with Gasteiger partial charge in [0, 0.05) is 37.2 Å². The molecule has 2 saturated heterocycles. The number of morpholine rings is 1. The fourth-order valence-electron chi connectivity index (χ4n) is 5.28. The van der Waals surface area contributed by atoms with Crippen molar-refractivity contribution in [3.8, 4) is 0 Å². The van der Waals surface area contributed by atoms with Crippen molar-refractivity contribution in [2.45, 2.75) is 33.4 Å². The number of rotatable bonds is 5. The summed E-state index contributed by atoms with van der Waals surface area (Å²) in [4.78, 5) is 23.5. The Hall–Kier alpha value is -3.28. The van der Waals surface area contributed by atoms with Crippen molar-refractivity contribution in [3.63, 3.8) is 0 Å². The molecule has 0 saturated carbocycles. The number of hydrogen-bond acceptors (Lipinski definition) is 5. The summed E-state index contributed by atoms with van der Waals surface area (Å²) in [6, 6.07) is 25.0. The monoisotopic (exact) mass is 481 g/mol. The number of Topliss-reactive ketones (excluding diaryl/α,β-unsaturated/α-hetero) is 1. The van der Waals surface area contributed by atoms with Crippen LogP contribution in [0.15, 0.2) is 78.4 Å². The van der Waals surface area contributed by atoms with Crippen LogP contribution < -0.4 is 4.90 Å². The van der Waals surface area contributed by atoms with Crippen LogP contribution in [0.4, 0.5) is 5.82 Å². The lowest BCUT2D eigenvalue weighted by Crippen LogP contribution is -2.49. The molecule has 0 N–H and O–H groups in total. The molecule has 2 aliphatic rings. The maximum Gasteiger partial charge on any atom is 0.167 e. The molecule has 1 unspecified atom stereocenters. The Morgan fingerprint density at radius 3 is 2.42 bits per heavy atom. The van der Waals surface area contributed by atoms with Gasteiger partial charge in [-0.15, -0.1) is 0 Å². The predicted octanol–water partition coefficient (Wildman–Crippen LogP) is 5.46. The third-order valence-electron chi connectivity index (χ3n) is 7.15. The number of hydrogen-bond donors (Lipinski definition) is 0. The van der Waals surface area contributed by atoms with Crippen molar-refractivity contribution >= 4 is 17.7 Å². The highest BCUT2D eigenvalue weighted by Crippen LogP contribution is 2.42. The lowest BCUT2D eigenvalue weighted by atomic mass is 9.74. The first kappa shape index (κ1) is 24.4. The van der Waals surface area contributed by atoms with Crippen LogP contribution in [0.1, 0.15) is 42.3 Å². The normalized spacial score (nSPS) is 21.6. The smallest absolute Gasteiger partial charge is 0.167 e. The van der Waals surface area contributed by atoms with Crippen LogP contribution in [-0.2, 0) is 16.1 Å². The Balaban J connectivity index is 1.56. The van der Waals surface area contributed by atoms with Crippen molar-refractivity contribution in [2.75, 3.05) is 37.7 Å². The SMILES string of the molecule is Cc1ccc(CN2CC(C)(C)C(=O)C(=Cc3cccc(N4CCOCC4)n3)C2c2ccccc2)cc1. The molecule has 36 heavy (non-hydrogen) atoms. The van der Waals surface area contributed by atoms with E-state index in [0.29, 0.717) is 19.8 Å². The fourth-order valence-corrected chi connectivity index (χ4v) is 5.28. The van der Waals surface area contributed by atoms with Crippen LogP contribution in [0, 0.1) is 12.3 Å². The summed E-state index contributed by atoms with van der Waals surface area (Å²) in [6.45, 7) is 10.8. The van der Waals surface area contributed by atoms with E-state index in [1.165, 1.54) is 11.1 Å². The molecule has 3 heterocycles. The topological polar surface area (TPSA) is 45.7 Å². The molecular weight excluding hydrogens is 446 g/mol. The molecule has 1 aromatic heterocycles. The number of pyridine rings is 1. The first-order valence-corrected chi connectivity index (χ1v) is 12.8. The standard InChI is InChI=1S/C31H35N3O2/c1-23-12-14-24(15-13-23)21-34-22-31(2,3)30(35)27(29(34)25-8-5-4-6-9-25)20-26-10-7-11-28(32-26)33-16-18-36-19-17-33/h4-15,20,29H,16-19,21-22H2,1-3H3. The van der Waals surface area contributed by atoms with Gasteiger partial charge in [0.15, 0.2) is 5.78 Å². The second kappa shape index (κ2) is 10.4. The van der Waals surface area contributed by atoms with Gasteiger partial charge in [0.25, 0.3) is 0 Å².